The number of anilines is 2. The average Bonchev–Trinajstić information content (AvgIpc) is 2.83. The van der Waals surface area contributed by atoms with Gasteiger partial charge in [-0.15, -0.1) is 0 Å². The molecule has 0 unspecified atom stereocenters. The van der Waals surface area contributed by atoms with E-state index in [-0.39, 0.29) is 17.3 Å². The van der Waals surface area contributed by atoms with Crippen LogP contribution in [0.15, 0.2) is 77.7 Å². The fourth-order valence-electron chi connectivity index (χ4n) is 3.58. The monoisotopic (exact) mass is 549 g/mol. The van der Waals surface area contributed by atoms with Crippen molar-refractivity contribution in [3.8, 4) is 0 Å². The van der Waals surface area contributed by atoms with Gasteiger partial charge in [0, 0.05) is 29.4 Å². The van der Waals surface area contributed by atoms with E-state index in [0.29, 0.717) is 40.6 Å². The number of sulfonamides is 2. The first-order valence-electron chi connectivity index (χ1n) is 11.2. The number of carbonyl (C=O) groups excluding carboxylic acids is 1. The molecule has 0 heterocycles. The molecule has 0 aliphatic heterocycles. The minimum Gasteiger partial charge on any atom is -0.322 e. The van der Waals surface area contributed by atoms with Crippen LogP contribution in [-0.2, 0) is 26.6 Å². The van der Waals surface area contributed by atoms with Crippen molar-refractivity contribution in [1.82, 2.24) is 4.31 Å². The number of carbonyl (C=O) groups is 1. The molecule has 1 amide bonds. The van der Waals surface area contributed by atoms with E-state index in [1.54, 1.807) is 62.4 Å². The summed E-state index contributed by atoms with van der Waals surface area (Å²) in [4.78, 5) is 12.8. The van der Waals surface area contributed by atoms with Gasteiger partial charge in [0.1, 0.15) is 0 Å². The number of hydrogen-bond acceptors (Lipinski definition) is 5. The third-order valence-electron chi connectivity index (χ3n) is 5.49. The van der Waals surface area contributed by atoms with E-state index in [2.05, 4.69) is 5.32 Å². The second-order valence-corrected chi connectivity index (χ2v) is 12.3. The summed E-state index contributed by atoms with van der Waals surface area (Å²) in [5.41, 5.74) is 1.94. The number of halogens is 1. The van der Waals surface area contributed by atoms with Crippen molar-refractivity contribution < 1.29 is 21.6 Å². The molecule has 8 nitrogen and oxygen atoms in total. The molecule has 36 heavy (non-hydrogen) atoms. The van der Waals surface area contributed by atoms with Gasteiger partial charge < -0.3 is 5.32 Å². The van der Waals surface area contributed by atoms with Crippen molar-refractivity contribution in [1.29, 1.82) is 0 Å². The molecule has 3 rings (SSSR count). The van der Waals surface area contributed by atoms with Crippen LogP contribution >= 0.6 is 11.6 Å². The first-order valence-corrected chi connectivity index (χ1v) is 14.9. The summed E-state index contributed by atoms with van der Waals surface area (Å²) in [6, 6.07) is 19.1. The minimum absolute atomic E-state index is 0.0730. The van der Waals surface area contributed by atoms with Gasteiger partial charge in [0.25, 0.3) is 5.91 Å². The van der Waals surface area contributed by atoms with E-state index in [0.717, 1.165) is 6.26 Å². The predicted octanol–water partition coefficient (Wildman–Crippen LogP) is 4.59. The topological polar surface area (TPSA) is 104 Å². The predicted molar refractivity (Wildman–Crippen MR) is 143 cm³/mol. The molecule has 3 aromatic carbocycles. The second kappa shape index (κ2) is 11.4. The molecule has 0 bridgehead atoms. The van der Waals surface area contributed by atoms with Gasteiger partial charge in [0.05, 0.1) is 23.4 Å². The number of nitrogens with zero attached hydrogens (tertiary/aromatic N) is 2. The van der Waals surface area contributed by atoms with Crippen LogP contribution in [0.1, 0.15) is 29.8 Å². The minimum atomic E-state index is -3.58. The molecule has 0 fully saturated rings. The smallest absolute Gasteiger partial charge is 0.255 e. The van der Waals surface area contributed by atoms with Crippen LogP contribution in [0.3, 0.4) is 0 Å². The Labute approximate surface area is 217 Å². The lowest BCUT2D eigenvalue weighted by atomic mass is 10.1. The Morgan fingerprint density at radius 3 is 2.03 bits per heavy atom. The first kappa shape index (κ1) is 27.7. The fraction of sp³-hybridized carbons (Fsp3) is 0.240. The van der Waals surface area contributed by atoms with Crippen molar-refractivity contribution in [2.24, 2.45) is 0 Å². The Bertz CT molecular complexity index is 1420. The van der Waals surface area contributed by atoms with E-state index in [1.165, 1.54) is 32.9 Å². The van der Waals surface area contributed by atoms with Crippen LogP contribution in [-0.4, -0.2) is 46.4 Å². The molecule has 0 atom stereocenters. The van der Waals surface area contributed by atoms with Crippen LogP contribution in [0.25, 0.3) is 0 Å². The van der Waals surface area contributed by atoms with Crippen molar-refractivity contribution >= 4 is 48.9 Å². The van der Waals surface area contributed by atoms with Gasteiger partial charge in [-0.05, 0) is 60.2 Å². The molecule has 3 aromatic rings. The molecule has 0 spiro atoms. The van der Waals surface area contributed by atoms with E-state index in [4.69, 9.17) is 11.6 Å². The molecule has 1 N–H and O–H groups in total. The van der Waals surface area contributed by atoms with Crippen molar-refractivity contribution in [3.63, 3.8) is 0 Å². The molecular weight excluding hydrogens is 522 g/mol. The molecule has 0 aliphatic carbocycles. The maximum Gasteiger partial charge on any atom is 0.255 e. The van der Waals surface area contributed by atoms with Crippen LogP contribution in [0.2, 0.25) is 5.02 Å². The van der Waals surface area contributed by atoms with Crippen LogP contribution in [0, 0.1) is 0 Å². The highest BCUT2D eigenvalue weighted by Crippen LogP contribution is 2.24. The lowest BCUT2D eigenvalue weighted by molar-refractivity contribution is 0.102. The standard InChI is InChI=1S/C25H28ClN3O5S2/c1-4-28(5-2)36(33,34)24-15-13-22(14-16-24)27-25(30)20-11-9-19(10-12-20)18-29(35(3,31)32)23-8-6-7-21(26)17-23/h6-17H,4-5,18H2,1-3H3,(H,27,30). The van der Waals surface area contributed by atoms with Gasteiger partial charge in [-0.1, -0.05) is 43.6 Å². The maximum absolute atomic E-state index is 12.7. The molecule has 0 radical (unpaired) electrons. The van der Waals surface area contributed by atoms with Gasteiger partial charge in [-0.2, -0.15) is 4.31 Å². The zero-order valence-electron chi connectivity index (χ0n) is 20.2. The molecular formula is C25H28ClN3O5S2. The highest BCUT2D eigenvalue weighted by atomic mass is 35.5. The van der Waals surface area contributed by atoms with Crippen molar-refractivity contribution in [3.05, 3.63) is 88.9 Å². The van der Waals surface area contributed by atoms with Crippen molar-refractivity contribution in [2.75, 3.05) is 29.0 Å². The summed E-state index contributed by atoms with van der Waals surface area (Å²) < 4.78 is 52.6. The highest BCUT2D eigenvalue weighted by Gasteiger charge is 2.21. The van der Waals surface area contributed by atoms with Crippen LogP contribution < -0.4 is 9.62 Å². The summed E-state index contributed by atoms with van der Waals surface area (Å²) >= 11 is 6.02. The Morgan fingerprint density at radius 1 is 0.889 bits per heavy atom. The van der Waals surface area contributed by atoms with Gasteiger partial charge in [0.2, 0.25) is 20.0 Å². The Morgan fingerprint density at radius 2 is 1.50 bits per heavy atom. The number of benzene rings is 3. The second-order valence-electron chi connectivity index (χ2n) is 8.01. The molecule has 192 valence electrons. The summed E-state index contributed by atoms with van der Waals surface area (Å²) in [5, 5.41) is 3.17. The molecule has 0 aromatic heterocycles. The number of nitrogens with one attached hydrogen (secondary N) is 1. The van der Waals surface area contributed by atoms with E-state index >= 15 is 0 Å². The SMILES string of the molecule is CCN(CC)S(=O)(=O)c1ccc(NC(=O)c2ccc(CN(c3cccc(Cl)c3)S(C)(=O)=O)cc2)cc1. The number of amides is 1. The highest BCUT2D eigenvalue weighted by molar-refractivity contribution is 7.92. The van der Waals surface area contributed by atoms with Crippen LogP contribution in [0.4, 0.5) is 11.4 Å². The fourth-order valence-corrected chi connectivity index (χ4v) is 6.11. The van der Waals surface area contributed by atoms with Crippen LogP contribution in [0.5, 0.6) is 0 Å². The van der Waals surface area contributed by atoms with Gasteiger partial charge in [0.15, 0.2) is 0 Å². The van der Waals surface area contributed by atoms with E-state index in [9.17, 15) is 21.6 Å². The Balaban J connectivity index is 1.72. The number of hydrogen-bond donors (Lipinski definition) is 1. The Kier molecular flexibility index (Phi) is 8.78. The first-order chi connectivity index (χ1) is 17.0. The lowest BCUT2D eigenvalue weighted by Gasteiger charge is -2.22. The van der Waals surface area contributed by atoms with Gasteiger partial charge in [-0.3, -0.25) is 9.10 Å². The zero-order valence-corrected chi connectivity index (χ0v) is 22.6. The maximum atomic E-state index is 12.7. The van der Waals surface area contributed by atoms with Gasteiger partial charge in [-0.25, -0.2) is 16.8 Å². The number of rotatable bonds is 10. The molecule has 0 aliphatic rings. The van der Waals surface area contributed by atoms with E-state index < -0.39 is 20.0 Å². The summed E-state index contributed by atoms with van der Waals surface area (Å²) in [7, 11) is -7.15. The lowest BCUT2D eigenvalue weighted by Crippen LogP contribution is -2.30. The molecule has 0 saturated carbocycles. The third kappa shape index (κ3) is 6.64. The summed E-state index contributed by atoms with van der Waals surface area (Å²) in [6.45, 7) is 4.36. The third-order valence-corrected chi connectivity index (χ3v) is 8.93. The summed E-state index contributed by atoms with van der Waals surface area (Å²) in [6.07, 6.45) is 1.12. The van der Waals surface area contributed by atoms with Gasteiger partial charge >= 0.3 is 0 Å². The quantitative estimate of drug-likeness (QED) is 0.398. The van der Waals surface area contributed by atoms with E-state index in [1.807, 2.05) is 0 Å². The average molecular weight is 550 g/mol. The normalized spacial score (nSPS) is 11.9. The Hall–Kier alpha value is -2.92. The largest absolute Gasteiger partial charge is 0.322 e. The van der Waals surface area contributed by atoms with Crippen molar-refractivity contribution in [2.45, 2.75) is 25.3 Å². The summed E-state index contributed by atoms with van der Waals surface area (Å²) in [5.74, 6) is -0.379. The zero-order chi connectivity index (χ0) is 26.5. The molecule has 0 saturated heterocycles. The molecule has 11 heteroatoms.